The second-order valence-corrected chi connectivity index (χ2v) is 4.15. The van der Waals surface area contributed by atoms with E-state index in [0.717, 1.165) is 0 Å². The minimum absolute atomic E-state index is 0.0578. The molecule has 1 aliphatic carbocycles. The molecule has 0 unspecified atom stereocenters. The van der Waals surface area contributed by atoms with Gasteiger partial charge in [0, 0.05) is 0 Å². The van der Waals surface area contributed by atoms with Gasteiger partial charge in [0.15, 0.2) is 0 Å². The van der Waals surface area contributed by atoms with Gasteiger partial charge >= 0.3 is 0 Å². The maximum absolute atomic E-state index is 6.16. The Labute approximate surface area is 102 Å². The molecule has 0 fully saturated rings. The predicted octanol–water partition coefficient (Wildman–Crippen LogP) is 2.55. The first-order chi connectivity index (χ1) is 8.29. The van der Waals surface area contributed by atoms with Crippen LogP contribution in [-0.2, 0) is 0 Å². The van der Waals surface area contributed by atoms with Crippen molar-refractivity contribution >= 4 is 0 Å². The Morgan fingerprint density at radius 1 is 0.824 bits per heavy atom. The van der Waals surface area contributed by atoms with Gasteiger partial charge in [-0.1, -0.05) is 48.5 Å². The van der Waals surface area contributed by atoms with Gasteiger partial charge in [0.25, 0.3) is 0 Å². The zero-order chi connectivity index (χ0) is 12.3. The highest BCUT2D eigenvalue weighted by Gasteiger charge is 2.24. The fourth-order valence-electron chi connectivity index (χ4n) is 2.19. The Hall–Kier alpha value is -1.64. The van der Waals surface area contributed by atoms with Crippen molar-refractivity contribution in [1.29, 1.82) is 0 Å². The van der Waals surface area contributed by atoms with Gasteiger partial charge in [0.1, 0.15) is 0 Å². The summed E-state index contributed by atoms with van der Waals surface area (Å²) in [6.07, 6.45) is 0. The Bertz CT molecular complexity index is 460. The molecule has 0 aromatic heterocycles. The topological polar surface area (TPSA) is 38.0 Å². The molecule has 1 aliphatic rings. The summed E-state index contributed by atoms with van der Waals surface area (Å²) < 4.78 is 0. The highest BCUT2D eigenvalue weighted by molar-refractivity contribution is 5.78. The predicted molar refractivity (Wildman–Crippen MR) is 72.9 cm³/mol. The lowest BCUT2D eigenvalue weighted by Gasteiger charge is -2.04. The zero-order valence-corrected chi connectivity index (χ0v) is 10.3. The lowest BCUT2D eigenvalue weighted by molar-refractivity contribution is 0.901. The van der Waals surface area contributed by atoms with Gasteiger partial charge in [-0.15, -0.1) is 0 Å². The van der Waals surface area contributed by atoms with E-state index in [1.54, 1.807) is 0 Å². The van der Waals surface area contributed by atoms with Gasteiger partial charge in [-0.05, 0) is 36.3 Å². The molecule has 0 spiro atoms. The highest BCUT2D eigenvalue weighted by Crippen LogP contribution is 2.41. The maximum Gasteiger partial charge on any atom is 0.0563 e. The highest BCUT2D eigenvalue weighted by atomic mass is 14.7. The van der Waals surface area contributed by atoms with E-state index in [4.69, 9.17) is 5.73 Å². The molecule has 17 heavy (non-hydrogen) atoms. The minimum atomic E-state index is 0.0578. The van der Waals surface area contributed by atoms with Crippen molar-refractivity contribution in [1.82, 2.24) is 5.32 Å². The second-order valence-electron chi connectivity index (χ2n) is 4.15. The molecule has 2 aromatic carbocycles. The van der Waals surface area contributed by atoms with Crippen LogP contribution < -0.4 is 11.1 Å². The molecule has 0 radical (unpaired) electrons. The number of hydrogen-bond acceptors (Lipinski definition) is 2. The van der Waals surface area contributed by atoms with Crippen molar-refractivity contribution < 1.29 is 0 Å². The Morgan fingerprint density at radius 3 is 1.59 bits per heavy atom. The van der Waals surface area contributed by atoms with Crippen molar-refractivity contribution in [3.05, 3.63) is 59.7 Å². The molecule has 2 nitrogen and oxygen atoms in total. The number of benzene rings is 2. The van der Waals surface area contributed by atoms with Crippen LogP contribution in [0.4, 0.5) is 0 Å². The molecule has 0 saturated carbocycles. The molecule has 0 heterocycles. The van der Waals surface area contributed by atoms with Crippen LogP contribution in [0.15, 0.2) is 48.5 Å². The standard InChI is InChI=1S/C13H11N.C2H7N/c14-13-11-7-3-1-5-9(11)10-6-2-4-8-12(10)13;1-3-2/h1-8,13H,14H2;3H,1-2H3. The molecule has 88 valence electrons. The first-order valence-electron chi connectivity index (χ1n) is 5.82. The lowest BCUT2D eigenvalue weighted by atomic mass is 10.1. The molecule has 0 atom stereocenters. The number of rotatable bonds is 0. The Balaban J connectivity index is 0.000000329. The molecule has 3 N–H and O–H groups in total. The van der Waals surface area contributed by atoms with Crippen molar-refractivity contribution in [2.75, 3.05) is 14.1 Å². The van der Waals surface area contributed by atoms with Gasteiger partial charge in [-0.25, -0.2) is 0 Å². The quantitative estimate of drug-likeness (QED) is 0.724. The lowest BCUT2D eigenvalue weighted by Crippen LogP contribution is -2.07. The molecule has 2 aromatic rings. The van der Waals surface area contributed by atoms with Crippen LogP contribution in [0.1, 0.15) is 17.2 Å². The smallest absolute Gasteiger partial charge is 0.0563 e. The number of hydrogen-bond donors (Lipinski definition) is 2. The molecule has 3 rings (SSSR count). The largest absolute Gasteiger partial charge is 0.323 e. The first kappa shape index (κ1) is 11.8. The SMILES string of the molecule is CNC.NC1c2ccccc2-c2ccccc21. The summed E-state index contributed by atoms with van der Waals surface area (Å²) in [5, 5.41) is 2.75. The van der Waals surface area contributed by atoms with Crippen LogP contribution in [0.5, 0.6) is 0 Å². The normalized spacial score (nSPS) is 12.4. The fourth-order valence-corrected chi connectivity index (χ4v) is 2.19. The average Bonchev–Trinajstić information content (AvgIpc) is 2.66. The summed E-state index contributed by atoms with van der Waals surface area (Å²) in [4.78, 5) is 0. The van der Waals surface area contributed by atoms with Crippen molar-refractivity contribution in [3.63, 3.8) is 0 Å². The summed E-state index contributed by atoms with van der Waals surface area (Å²) in [6.45, 7) is 0. The molecule has 2 heteroatoms. The molecule has 0 saturated heterocycles. The third-order valence-corrected chi connectivity index (χ3v) is 2.88. The third kappa shape index (κ3) is 2.09. The Kier molecular flexibility index (Phi) is 3.57. The Morgan fingerprint density at radius 2 is 1.18 bits per heavy atom. The molecule has 0 amide bonds. The van der Waals surface area contributed by atoms with Gasteiger partial charge in [-0.3, -0.25) is 0 Å². The molecular weight excluding hydrogens is 208 g/mol. The second kappa shape index (κ2) is 5.13. The van der Waals surface area contributed by atoms with E-state index in [-0.39, 0.29) is 6.04 Å². The van der Waals surface area contributed by atoms with Gasteiger partial charge in [0.2, 0.25) is 0 Å². The summed E-state index contributed by atoms with van der Waals surface area (Å²) in [6, 6.07) is 16.8. The average molecular weight is 226 g/mol. The van der Waals surface area contributed by atoms with Crippen LogP contribution in [0, 0.1) is 0 Å². The van der Waals surface area contributed by atoms with Crippen LogP contribution in [0.2, 0.25) is 0 Å². The first-order valence-corrected chi connectivity index (χ1v) is 5.82. The number of fused-ring (bicyclic) bond motifs is 3. The van der Waals surface area contributed by atoms with Crippen molar-refractivity contribution in [2.24, 2.45) is 5.73 Å². The number of nitrogens with one attached hydrogen (secondary N) is 1. The summed E-state index contributed by atoms with van der Waals surface area (Å²) >= 11 is 0. The monoisotopic (exact) mass is 226 g/mol. The van der Waals surface area contributed by atoms with Crippen molar-refractivity contribution in [3.8, 4) is 11.1 Å². The van der Waals surface area contributed by atoms with Gasteiger partial charge < -0.3 is 11.1 Å². The van der Waals surface area contributed by atoms with E-state index in [2.05, 4.69) is 41.7 Å². The van der Waals surface area contributed by atoms with Crippen LogP contribution in [0.3, 0.4) is 0 Å². The summed E-state index contributed by atoms with van der Waals surface area (Å²) in [5.41, 5.74) is 11.2. The third-order valence-electron chi connectivity index (χ3n) is 2.88. The van der Waals surface area contributed by atoms with E-state index >= 15 is 0 Å². The van der Waals surface area contributed by atoms with Gasteiger partial charge in [0.05, 0.1) is 6.04 Å². The minimum Gasteiger partial charge on any atom is -0.323 e. The van der Waals surface area contributed by atoms with E-state index in [0.29, 0.717) is 0 Å². The molecular formula is C15H18N2. The molecule has 0 bridgehead atoms. The van der Waals surface area contributed by atoms with E-state index in [9.17, 15) is 0 Å². The van der Waals surface area contributed by atoms with E-state index in [1.165, 1.54) is 22.3 Å². The molecule has 0 aliphatic heterocycles. The number of nitrogens with two attached hydrogens (primary N) is 1. The van der Waals surface area contributed by atoms with Crippen LogP contribution >= 0.6 is 0 Å². The zero-order valence-electron chi connectivity index (χ0n) is 10.3. The van der Waals surface area contributed by atoms with E-state index < -0.39 is 0 Å². The fraction of sp³-hybridized carbons (Fsp3) is 0.200. The van der Waals surface area contributed by atoms with Crippen LogP contribution in [0.25, 0.3) is 11.1 Å². The van der Waals surface area contributed by atoms with Gasteiger partial charge in [-0.2, -0.15) is 0 Å². The summed E-state index contributed by atoms with van der Waals surface area (Å²) in [5.74, 6) is 0. The van der Waals surface area contributed by atoms with Crippen molar-refractivity contribution in [2.45, 2.75) is 6.04 Å². The van der Waals surface area contributed by atoms with Crippen LogP contribution in [-0.4, -0.2) is 14.1 Å². The summed E-state index contributed by atoms with van der Waals surface area (Å²) in [7, 11) is 3.75. The van der Waals surface area contributed by atoms with E-state index in [1.807, 2.05) is 26.2 Å². The maximum atomic E-state index is 6.16.